The number of piperazine rings is 1. The van der Waals surface area contributed by atoms with E-state index in [4.69, 9.17) is 9.47 Å². The van der Waals surface area contributed by atoms with E-state index in [1.807, 2.05) is 13.0 Å². The van der Waals surface area contributed by atoms with E-state index in [1.54, 1.807) is 4.90 Å². The monoisotopic (exact) mass is 332 g/mol. The quantitative estimate of drug-likeness (QED) is 0.834. The average molecular weight is 332 g/mol. The summed E-state index contributed by atoms with van der Waals surface area (Å²) in [5.41, 5.74) is 0.972. The van der Waals surface area contributed by atoms with E-state index in [0.29, 0.717) is 38.0 Å². The predicted octanol–water partition coefficient (Wildman–Crippen LogP) is 1.45. The number of nitrogens with zero attached hydrogens (tertiary/aromatic N) is 4. The predicted molar refractivity (Wildman–Crippen MR) is 89.6 cm³/mol. The molecule has 0 aliphatic carbocycles. The third kappa shape index (κ3) is 3.60. The first-order valence-electron chi connectivity index (χ1n) is 8.39. The highest BCUT2D eigenvalue weighted by atomic mass is 16.6. The molecule has 0 bridgehead atoms. The number of aromatic nitrogens is 2. The van der Waals surface area contributed by atoms with Crippen molar-refractivity contribution in [2.24, 2.45) is 0 Å². The van der Waals surface area contributed by atoms with Crippen LogP contribution >= 0.6 is 0 Å². The SMILES string of the molecule is Cc1cc(N2CCN(C(=O)C3=COCCO3)CC2)nc(C(C)C)n1. The number of anilines is 1. The zero-order valence-corrected chi connectivity index (χ0v) is 14.5. The highest BCUT2D eigenvalue weighted by molar-refractivity contribution is 5.91. The van der Waals surface area contributed by atoms with Crippen LogP contribution < -0.4 is 4.90 Å². The van der Waals surface area contributed by atoms with E-state index >= 15 is 0 Å². The van der Waals surface area contributed by atoms with Gasteiger partial charge in [0.05, 0.1) is 0 Å². The van der Waals surface area contributed by atoms with Gasteiger partial charge in [-0.3, -0.25) is 4.79 Å². The van der Waals surface area contributed by atoms with Gasteiger partial charge in [-0.05, 0) is 6.92 Å². The van der Waals surface area contributed by atoms with Crippen LogP contribution in [0.25, 0.3) is 0 Å². The zero-order chi connectivity index (χ0) is 17.1. The molecule has 24 heavy (non-hydrogen) atoms. The fourth-order valence-corrected chi connectivity index (χ4v) is 2.77. The average Bonchev–Trinajstić information content (AvgIpc) is 2.61. The Labute approximate surface area is 142 Å². The first-order chi connectivity index (χ1) is 11.5. The molecule has 7 heteroatoms. The fourth-order valence-electron chi connectivity index (χ4n) is 2.77. The number of rotatable bonds is 3. The largest absolute Gasteiger partial charge is 0.494 e. The Morgan fingerprint density at radius 1 is 1.17 bits per heavy atom. The minimum Gasteiger partial charge on any atom is -0.494 e. The van der Waals surface area contributed by atoms with Crippen LogP contribution in [0.4, 0.5) is 5.82 Å². The standard InChI is InChI=1S/C17H24N4O3/c1-12(2)16-18-13(3)10-15(19-16)20-4-6-21(7-5-20)17(22)14-11-23-8-9-24-14/h10-12H,4-9H2,1-3H3. The molecule has 0 atom stereocenters. The van der Waals surface area contributed by atoms with E-state index in [0.717, 1.165) is 30.4 Å². The van der Waals surface area contributed by atoms with Crippen molar-refractivity contribution in [2.75, 3.05) is 44.3 Å². The van der Waals surface area contributed by atoms with Crippen molar-refractivity contribution in [3.05, 3.63) is 29.6 Å². The Balaban J connectivity index is 1.65. The Kier molecular flexibility index (Phi) is 4.87. The maximum absolute atomic E-state index is 12.4. The second-order valence-electron chi connectivity index (χ2n) is 6.36. The maximum Gasteiger partial charge on any atom is 0.292 e. The number of hydrogen-bond acceptors (Lipinski definition) is 6. The molecule has 2 aliphatic rings. The molecule has 130 valence electrons. The maximum atomic E-state index is 12.4. The lowest BCUT2D eigenvalue weighted by atomic mass is 10.2. The van der Waals surface area contributed by atoms with Crippen LogP contribution in [-0.2, 0) is 14.3 Å². The second kappa shape index (κ2) is 7.07. The molecule has 0 spiro atoms. The molecule has 7 nitrogen and oxygen atoms in total. The Bertz CT molecular complexity index is 637. The van der Waals surface area contributed by atoms with Crippen LogP contribution in [0.15, 0.2) is 18.1 Å². The number of carbonyl (C=O) groups is 1. The minimum atomic E-state index is -0.101. The summed E-state index contributed by atoms with van der Waals surface area (Å²) in [6.45, 7) is 9.86. The first kappa shape index (κ1) is 16.5. The normalized spacial score (nSPS) is 18.1. The highest BCUT2D eigenvalue weighted by Gasteiger charge is 2.26. The smallest absolute Gasteiger partial charge is 0.292 e. The van der Waals surface area contributed by atoms with Gasteiger partial charge in [-0.25, -0.2) is 9.97 Å². The zero-order valence-electron chi connectivity index (χ0n) is 14.5. The van der Waals surface area contributed by atoms with Gasteiger partial charge in [-0.15, -0.1) is 0 Å². The first-order valence-corrected chi connectivity index (χ1v) is 8.39. The molecule has 0 saturated carbocycles. The molecule has 1 aromatic heterocycles. The molecule has 1 fully saturated rings. The van der Waals surface area contributed by atoms with E-state index in [1.165, 1.54) is 6.26 Å². The van der Waals surface area contributed by atoms with Crippen molar-refractivity contribution >= 4 is 11.7 Å². The third-order valence-corrected chi connectivity index (χ3v) is 4.13. The summed E-state index contributed by atoms with van der Waals surface area (Å²) >= 11 is 0. The van der Waals surface area contributed by atoms with Crippen molar-refractivity contribution in [2.45, 2.75) is 26.7 Å². The molecule has 3 heterocycles. The molecule has 0 N–H and O–H groups in total. The molecule has 1 saturated heterocycles. The van der Waals surface area contributed by atoms with Gasteiger partial charge in [0, 0.05) is 43.9 Å². The molecule has 0 radical (unpaired) electrons. The molecule has 0 unspecified atom stereocenters. The molecule has 1 amide bonds. The number of hydrogen-bond donors (Lipinski definition) is 0. The van der Waals surface area contributed by atoms with Crippen molar-refractivity contribution in [1.29, 1.82) is 0 Å². The summed E-state index contributed by atoms with van der Waals surface area (Å²) in [4.78, 5) is 25.6. The lowest BCUT2D eigenvalue weighted by molar-refractivity contribution is -0.132. The van der Waals surface area contributed by atoms with Gasteiger partial charge >= 0.3 is 0 Å². The van der Waals surface area contributed by atoms with Gasteiger partial charge in [0.1, 0.15) is 31.1 Å². The van der Waals surface area contributed by atoms with Crippen molar-refractivity contribution in [1.82, 2.24) is 14.9 Å². The van der Waals surface area contributed by atoms with Gasteiger partial charge in [0.15, 0.2) is 0 Å². The summed E-state index contributed by atoms with van der Waals surface area (Å²) in [6.07, 6.45) is 1.42. The second-order valence-corrected chi connectivity index (χ2v) is 6.36. The third-order valence-electron chi connectivity index (χ3n) is 4.13. The number of aryl methyl sites for hydroxylation is 1. The van der Waals surface area contributed by atoms with E-state index in [9.17, 15) is 4.79 Å². The number of carbonyl (C=O) groups excluding carboxylic acids is 1. The molecule has 3 rings (SSSR count). The summed E-state index contributed by atoms with van der Waals surface area (Å²) < 4.78 is 10.5. The molecular formula is C17H24N4O3. The summed E-state index contributed by atoms with van der Waals surface area (Å²) in [5.74, 6) is 2.30. The van der Waals surface area contributed by atoms with E-state index < -0.39 is 0 Å². The topological polar surface area (TPSA) is 67.8 Å². The van der Waals surface area contributed by atoms with E-state index in [2.05, 4.69) is 28.7 Å². The summed E-state index contributed by atoms with van der Waals surface area (Å²) in [5, 5.41) is 0. The van der Waals surface area contributed by atoms with Gasteiger partial charge in [-0.1, -0.05) is 13.8 Å². The lowest BCUT2D eigenvalue weighted by Crippen LogP contribution is -2.49. The number of ether oxygens (including phenoxy) is 2. The van der Waals surface area contributed by atoms with E-state index in [-0.39, 0.29) is 5.91 Å². The van der Waals surface area contributed by atoms with Crippen LogP contribution in [0, 0.1) is 6.92 Å². The van der Waals surface area contributed by atoms with Gasteiger partial charge in [0.2, 0.25) is 5.76 Å². The van der Waals surface area contributed by atoms with Crippen LogP contribution in [0.3, 0.4) is 0 Å². The minimum absolute atomic E-state index is 0.101. The molecular weight excluding hydrogens is 308 g/mol. The number of amides is 1. The van der Waals surface area contributed by atoms with Crippen LogP contribution in [0.5, 0.6) is 0 Å². The van der Waals surface area contributed by atoms with Crippen molar-refractivity contribution < 1.29 is 14.3 Å². The van der Waals surface area contributed by atoms with Gasteiger partial charge in [0.25, 0.3) is 5.91 Å². The molecule has 0 aromatic carbocycles. The van der Waals surface area contributed by atoms with Gasteiger partial charge < -0.3 is 19.3 Å². The summed E-state index contributed by atoms with van der Waals surface area (Å²) in [7, 11) is 0. The van der Waals surface area contributed by atoms with Crippen LogP contribution in [0.2, 0.25) is 0 Å². The lowest BCUT2D eigenvalue weighted by Gasteiger charge is -2.36. The Morgan fingerprint density at radius 2 is 1.92 bits per heavy atom. The summed E-state index contributed by atoms with van der Waals surface area (Å²) in [6, 6.07) is 2.00. The Hall–Kier alpha value is -2.31. The van der Waals surface area contributed by atoms with Crippen LogP contribution in [-0.4, -0.2) is 60.2 Å². The van der Waals surface area contributed by atoms with Gasteiger partial charge in [-0.2, -0.15) is 0 Å². The van der Waals surface area contributed by atoms with Crippen molar-refractivity contribution in [3.8, 4) is 0 Å². The molecule has 1 aromatic rings. The fraction of sp³-hybridized carbons (Fsp3) is 0.588. The Morgan fingerprint density at radius 3 is 2.54 bits per heavy atom. The van der Waals surface area contributed by atoms with Crippen LogP contribution in [0.1, 0.15) is 31.3 Å². The highest BCUT2D eigenvalue weighted by Crippen LogP contribution is 2.19. The van der Waals surface area contributed by atoms with Crippen molar-refractivity contribution in [3.63, 3.8) is 0 Å². The molecule has 2 aliphatic heterocycles.